The zero-order valence-corrected chi connectivity index (χ0v) is 8.14. The summed E-state index contributed by atoms with van der Waals surface area (Å²) in [5.74, 6) is 0.999. The van der Waals surface area contributed by atoms with Crippen molar-refractivity contribution < 1.29 is 0 Å². The van der Waals surface area contributed by atoms with Gasteiger partial charge in [0.05, 0.1) is 11.7 Å². The second-order valence-electron chi connectivity index (χ2n) is 2.52. The van der Waals surface area contributed by atoms with Crippen molar-refractivity contribution in [3.8, 4) is 0 Å². The Kier molecular flexibility index (Phi) is 1.77. The number of hydrogen-bond donors (Lipinski definition) is 2. The Morgan fingerprint density at radius 3 is 3.00 bits per heavy atom. The first-order valence-electron chi connectivity index (χ1n) is 3.61. The highest BCUT2D eigenvalue weighted by Crippen LogP contribution is 2.24. The van der Waals surface area contributed by atoms with Crippen LogP contribution in [0.25, 0.3) is 10.9 Å². The minimum Gasteiger partial charge on any atom is -0.375 e. The van der Waals surface area contributed by atoms with Crippen molar-refractivity contribution in [2.75, 3.05) is 12.4 Å². The summed E-state index contributed by atoms with van der Waals surface area (Å²) in [4.78, 5) is 7.24. The molecule has 0 unspecified atom stereocenters. The van der Waals surface area contributed by atoms with Crippen LogP contribution in [0.15, 0.2) is 22.9 Å². The molecule has 2 aromatic heterocycles. The van der Waals surface area contributed by atoms with Crippen LogP contribution in [-0.4, -0.2) is 17.0 Å². The summed E-state index contributed by atoms with van der Waals surface area (Å²) in [6.45, 7) is 0. The molecule has 0 saturated heterocycles. The Morgan fingerprint density at radius 2 is 2.33 bits per heavy atom. The molecule has 0 radical (unpaired) electrons. The van der Waals surface area contributed by atoms with Crippen LogP contribution in [0.3, 0.4) is 0 Å². The molecule has 3 nitrogen and oxygen atoms in total. The third kappa shape index (κ3) is 1.08. The average Bonchev–Trinajstić information content (AvgIpc) is 2.49. The van der Waals surface area contributed by atoms with E-state index in [-0.39, 0.29) is 0 Å². The molecule has 0 saturated carbocycles. The molecule has 62 valence electrons. The van der Waals surface area contributed by atoms with E-state index in [2.05, 4.69) is 31.2 Å². The SMILES string of the molecule is CNc1cc2c(Br)cncc2[nH]1. The van der Waals surface area contributed by atoms with Crippen LogP contribution in [-0.2, 0) is 0 Å². The van der Waals surface area contributed by atoms with Crippen molar-refractivity contribution in [3.63, 3.8) is 0 Å². The van der Waals surface area contributed by atoms with Gasteiger partial charge in [0.2, 0.25) is 0 Å². The molecule has 2 rings (SSSR count). The summed E-state index contributed by atoms with van der Waals surface area (Å²) < 4.78 is 1.01. The van der Waals surface area contributed by atoms with Crippen LogP contribution < -0.4 is 5.32 Å². The number of aromatic amines is 1. The maximum atomic E-state index is 4.05. The number of fused-ring (bicyclic) bond motifs is 1. The molecule has 0 aliphatic heterocycles. The van der Waals surface area contributed by atoms with Gasteiger partial charge < -0.3 is 10.3 Å². The van der Waals surface area contributed by atoms with Gasteiger partial charge in [0.25, 0.3) is 0 Å². The fraction of sp³-hybridized carbons (Fsp3) is 0.125. The normalized spacial score (nSPS) is 10.5. The Morgan fingerprint density at radius 1 is 1.50 bits per heavy atom. The molecule has 2 N–H and O–H groups in total. The number of nitrogens with zero attached hydrogens (tertiary/aromatic N) is 1. The summed E-state index contributed by atoms with van der Waals surface area (Å²) in [6, 6.07) is 2.04. The second kappa shape index (κ2) is 2.79. The zero-order chi connectivity index (χ0) is 8.55. The van der Waals surface area contributed by atoms with E-state index in [4.69, 9.17) is 0 Å². The molecule has 0 aliphatic rings. The van der Waals surface area contributed by atoms with Gasteiger partial charge in [0.15, 0.2) is 0 Å². The van der Waals surface area contributed by atoms with E-state index < -0.39 is 0 Å². The van der Waals surface area contributed by atoms with Gasteiger partial charge in [-0.3, -0.25) is 4.98 Å². The van der Waals surface area contributed by atoms with Crippen LogP contribution in [0.2, 0.25) is 0 Å². The van der Waals surface area contributed by atoms with Gasteiger partial charge in [-0.05, 0) is 22.0 Å². The van der Waals surface area contributed by atoms with E-state index >= 15 is 0 Å². The molecule has 12 heavy (non-hydrogen) atoms. The van der Waals surface area contributed by atoms with E-state index in [1.165, 1.54) is 0 Å². The van der Waals surface area contributed by atoms with E-state index in [9.17, 15) is 0 Å². The highest BCUT2D eigenvalue weighted by atomic mass is 79.9. The minimum absolute atomic E-state index is 0.999. The van der Waals surface area contributed by atoms with Gasteiger partial charge in [-0.25, -0.2) is 0 Å². The predicted molar refractivity (Wildman–Crippen MR) is 53.3 cm³/mol. The van der Waals surface area contributed by atoms with E-state index in [0.29, 0.717) is 0 Å². The van der Waals surface area contributed by atoms with Gasteiger partial charge in [-0.1, -0.05) is 0 Å². The molecule has 0 spiro atoms. The summed E-state index contributed by atoms with van der Waals surface area (Å²) in [7, 11) is 1.88. The fourth-order valence-electron chi connectivity index (χ4n) is 1.15. The lowest BCUT2D eigenvalue weighted by atomic mass is 10.3. The summed E-state index contributed by atoms with van der Waals surface area (Å²) in [6.07, 6.45) is 3.59. The van der Waals surface area contributed by atoms with E-state index in [1.807, 2.05) is 13.1 Å². The highest BCUT2D eigenvalue weighted by molar-refractivity contribution is 9.10. The van der Waals surface area contributed by atoms with Gasteiger partial charge in [0.1, 0.15) is 5.82 Å². The van der Waals surface area contributed by atoms with Crippen molar-refractivity contribution in [1.29, 1.82) is 0 Å². The van der Waals surface area contributed by atoms with Crippen molar-refractivity contribution >= 4 is 32.7 Å². The number of hydrogen-bond acceptors (Lipinski definition) is 2. The summed E-state index contributed by atoms with van der Waals surface area (Å²) in [5.41, 5.74) is 1.04. The lowest BCUT2D eigenvalue weighted by Gasteiger charge is -1.89. The topological polar surface area (TPSA) is 40.7 Å². The third-order valence-electron chi connectivity index (χ3n) is 1.77. The number of pyridine rings is 1. The number of anilines is 1. The number of aromatic nitrogens is 2. The van der Waals surface area contributed by atoms with Crippen molar-refractivity contribution in [2.45, 2.75) is 0 Å². The van der Waals surface area contributed by atoms with Crippen LogP contribution in [0.1, 0.15) is 0 Å². The largest absolute Gasteiger partial charge is 0.375 e. The molecule has 4 heteroatoms. The average molecular weight is 226 g/mol. The van der Waals surface area contributed by atoms with Gasteiger partial charge in [-0.15, -0.1) is 0 Å². The predicted octanol–water partition coefficient (Wildman–Crippen LogP) is 2.37. The molecular formula is C8H8BrN3. The molecule has 0 amide bonds. The molecule has 0 aliphatic carbocycles. The second-order valence-corrected chi connectivity index (χ2v) is 3.37. The van der Waals surface area contributed by atoms with Crippen LogP contribution in [0.5, 0.6) is 0 Å². The van der Waals surface area contributed by atoms with E-state index in [0.717, 1.165) is 21.2 Å². The van der Waals surface area contributed by atoms with Crippen LogP contribution in [0, 0.1) is 0 Å². The minimum atomic E-state index is 0.999. The molecular weight excluding hydrogens is 218 g/mol. The van der Waals surface area contributed by atoms with Gasteiger partial charge >= 0.3 is 0 Å². The molecule has 2 heterocycles. The number of nitrogens with one attached hydrogen (secondary N) is 2. The molecule has 0 bridgehead atoms. The van der Waals surface area contributed by atoms with Gasteiger partial charge in [-0.2, -0.15) is 0 Å². The van der Waals surface area contributed by atoms with Crippen molar-refractivity contribution in [1.82, 2.24) is 9.97 Å². The smallest absolute Gasteiger partial charge is 0.104 e. The molecule has 2 aromatic rings. The molecule has 0 atom stereocenters. The van der Waals surface area contributed by atoms with Crippen molar-refractivity contribution in [3.05, 3.63) is 22.9 Å². The Bertz CT molecular complexity index is 408. The van der Waals surface area contributed by atoms with Crippen LogP contribution in [0.4, 0.5) is 5.82 Å². The van der Waals surface area contributed by atoms with Crippen LogP contribution >= 0.6 is 15.9 Å². The number of rotatable bonds is 1. The third-order valence-corrected chi connectivity index (χ3v) is 2.40. The molecule has 0 fully saturated rings. The lowest BCUT2D eigenvalue weighted by Crippen LogP contribution is -1.85. The van der Waals surface area contributed by atoms with E-state index in [1.54, 1.807) is 12.4 Å². The van der Waals surface area contributed by atoms with Gasteiger partial charge in [0, 0.05) is 23.1 Å². The Balaban J connectivity index is 2.74. The number of H-pyrrole nitrogens is 1. The quantitative estimate of drug-likeness (QED) is 0.783. The summed E-state index contributed by atoms with van der Waals surface area (Å²) in [5, 5.41) is 4.19. The Hall–Kier alpha value is -1.03. The van der Waals surface area contributed by atoms with Crippen molar-refractivity contribution in [2.24, 2.45) is 0 Å². The first-order valence-corrected chi connectivity index (χ1v) is 4.40. The number of halogens is 1. The first-order chi connectivity index (χ1) is 5.81. The fourth-order valence-corrected chi connectivity index (χ4v) is 1.60. The maximum absolute atomic E-state index is 4.05. The molecule has 0 aromatic carbocycles. The maximum Gasteiger partial charge on any atom is 0.104 e. The summed E-state index contributed by atoms with van der Waals surface area (Å²) >= 11 is 3.43. The first kappa shape index (κ1) is 7.61. The highest BCUT2D eigenvalue weighted by Gasteiger charge is 2.01. The zero-order valence-electron chi connectivity index (χ0n) is 6.56. The standard InChI is InChI=1S/C8H8BrN3/c1-10-8-2-5-6(9)3-11-4-7(5)12-8/h2-4,10,12H,1H3. The monoisotopic (exact) mass is 225 g/mol. The Labute approximate surface area is 78.3 Å². The lowest BCUT2D eigenvalue weighted by molar-refractivity contribution is 1.32.